The number of para-hydroxylation sites is 2. The average Bonchev–Trinajstić information content (AvgIpc) is 2.72. The molecule has 4 nitrogen and oxygen atoms in total. The fourth-order valence-electron chi connectivity index (χ4n) is 3.48. The predicted molar refractivity (Wildman–Crippen MR) is 128 cm³/mol. The maximum atomic E-state index is 5.91. The second-order valence-corrected chi connectivity index (χ2v) is 10.7. The minimum absolute atomic E-state index is 0.373. The van der Waals surface area contributed by atoms with Crippen molar-refractivity contribution in [2.24, 2.45) is 0 Å². The van der Waals surface area contributed by atoms with Crippen LogP contribution in [0.5, 0.6) is 23.0 Å². The van der Waals surface area contributed by atoms with Crippen molar-refractivity contribution in [3.8, 4) is 23.0 Å². The van der Waals surface area contributed by atoms with Crippen LogP contribution < -0.4 is 29.3 Å². The molecule has 2 aromatic carbocycles. The summed E-state index contributed by atoms with van der Waals surface area (Å²) in [5.74, 6) is 3.73. The van der Waals surface area contributed by atoms with Gasteiger partial charge in [-0.25, -0.2) is 0 Å². The van der Waals surface area contributed by atoms with Crippen molar-refractivity contribution in [1.82, 2.24) is 0 Å². The van der Waals surface area contributed by atoms with Gasteiger partial charge in [-0.1, -0.05) is 42.8 Å². The third kappa shape index (κ3) is 7.12. The molecule has 0 fully saturated rings. The highest BCUT2D eigenvalue weighted by atomic mass is 28.2. The topological polar surface area (TPSA) is 36.9 Å². The molecular formula is C23H36O4Si2. The maximum Gasteiger partial charge on any atom is 0.160 e. The standard InChI is InChI=1S/C23H36O4Si2/c1-5-24-18-12-9-14-20(22(18)26-7-3)28-16-11-17-29-21-15-10-13-19(25-6-2)23(21)27-8-4/h9-10,12-15H,5-8,11,16-17,28-29H2,1-4H3. The molecule has 0 bridgehead atoms. The highest BCUT2D eigenvalue weighted by molar-refractivity contribution is 6.56. The SMILES string of the molecule is CCOc1cccc([SiH2]CCC[SiH2]c2cccc(OCC)c2OCC)c1OCC. The zero-order valence-corrected chi connectivity index (χ0v) is 21.3. The first-order valence-corrected chi connectivity index (χ1v) is 14.4. The van der Waals surface area contributed by atoms with E-state index in [9.17, 15) is 0 Å². The minimum Gasteiger partial charge on any atom is -0.490 e. The molecule has 2 rings (SSSR count). The number of ether oxygens (including phenoxy) is 4. The molecule has 0 aromatic heterocycles. The smallest absolute Gasteiger partial charge is 0.160 e. The zero-order valence-electron chi connectivity index (χ0n) is 18.5. The quantitative estimate of drug-likeness (QED) is 0.340. The molecule has 0 amide bonds. The van der Waals surface area contributed by atoms with Crippen molar-refractivity contribution in [2.75, 3.05) is 26.4 Å². The molecule has 0 saturated heterocycles. The normalized spacial score (nSPS) is 11.4. The van der Waals surface area contributed by atoms with Crippen LogP contribution in [0.2, 0.25) is 12.1 Å². The highest BCUT2D eigenvalue weighted by Gasteiger charge is 2.12. The molecule has 160 valence electrons. The van der Waals surface area contributed by atoms with Gasteiger partial charge in [0.25, 0.3) is 0 Å². The van der Waals surface area contributed by atoms with Gasteiger partial charge < -0.3 is 18.9 Å². The van der Waals surface area contributed by atoms with Gasteiger partial charge >= 0.3 is 0 Å². The van der Waals surface area contributed by atoms with E-state index >= 15 is 0 Å². The molecule has 0 unspecified atom stereocenters. The summed E-state index contributed by atoms with van der Waals surface area (Å²) in [6.45, 7) is 10.8. The monoisotopic (exact) mass is 432 g/mol. The minimum atomic E-state index is -0.373. The molecule has 0 atom stereocenters. The maximum absolute atomic E-state index is 5.91. The lowest BCUT2D eigenvalue weighted by atomic mass is 10.3. The third-order valence-electron chi connectivity index (χ3n) is 4.69. The third-order valence-corrected chi connectivity index (χ3v) is 8.59. The number of hydrogen-bond donors (Lipinski definition) is 0. The summed E-state index contributed by atoms with van der Waals surface area (Å²) < 4.78 is 23.3. The van der Waals surface area contributed by atoms with E-state index in [1.54, 1.807) is 0 Å². The van der Waals surface area contributed by atoms with E-state index in [4.69, 9.17) is 18.9 Å². The van der Waals surface area contributed by atoms with Crippen molar-refractivity contribution in [1.29, 1.82) is 0 Å². The van der Waals surface area contributed by atoms with Gasteiger partial charge in [0.1, 0.15) is 0 Å². The van der Waals surface area contributed by atoms with Gasteiger partial charge in [-0.05, 0) is 50.2 Å². The van der Waals surface area contributed by atoms with Crippen LogP contribution in [-0.4, -0.2) is 45.5 Å². The molecule has 0 aliphatic rings. The number of hydrogen-bond acceptors (Lipinski definition) is 4. The van der Waals surface area contributed by atoms with E-state index in [0.717, 1.165) is 23.0 Å². The second-order valence-electron chi connectivity index (χ2n) is 6.78. The van der Waals surface area contributed by atoms with Crippen molar-refractivity contribution >= 4 is 29.4 Å². The summed E-state index contributed by atoms with van der Waals surface area (Å²) in [7, 11) is -0.746. The van der Waals surface area contributed by atoms with Gasteiger partial charge in [0.05, 0.1) is 45.5 Å². The Hall–Kier alpha value is -1.93. The van der Waals surface area contributed by atoms with Crippen LogP contribution in [0.4, 0.5) is 0 Å². The Morgan fingerprint density at radius 1 is 0.586 bits per heavy atom. The van der Waals surface area contributed by atoms with E-state index in [1.807, 2.05) is 39.8 Å². The Morgan fingerprint density at radius 2 is 1.00 bits per heavy atom. The summed E-state index contributed by atoms with van der Waals surface area (Å²) in [5.41, 5.74) is 0. The molecular weight excluding hydrogens is 396 g/mol. The molecule has 0 N–H and O–H groups in total. The Kier molecular flexibility index (Phi) is 10.7. The summed E-state index contributed by atoms with van der Waals surface area (Å²) in [4.78, 5) is 0. The number of rotatable bonds is 14. The summed E-state index contributed by atoms with van der Waals surface area (Å²) >= 11 is 0. The fraction of sp³-hybridized carbons (Fsp3) is 0.478. The second kappa shape index (κ2) is 13.3. The molecule has 6 heteroatoms. The summed E-state index contributed by atoms with van der Waals surface area (Å²) in [5, 5.41) is 2.76. The first kappa shape index (κ1) is 23.4. The molecule has 0 radical (unpaired) electrons. The van der Waals surface area contributed by atoms with Crippen LogP contribution in [-0.2, 0) is 0 Å². The molecule has 0 aliphatic heterocycles. The summed E-state index contributed by atoms with van der Waals surface area (Å²) in [6, 6.07) is 15.2. The van der Waals surface area contributed by atoms with E-state index < -0.39 is 0 Å². The van der Waals surface area contributed by atoms with E-state index in [-0.39, 0.29) is 19.0 Å². The Balaban J connectivity index is 1.92. The zero-order chi connectivity index (χ0) is 20.9. The van der Waals surface area contributed by atoms with E-state index in [1.165, 1.54) is 28.9 Å². The van der Waals surface area contributed by atoms with Gasteiger partial charge in [-0.15, -0.1) is 0 Å². The Bertz CT molecular complexity index is 675. The molecule has 0 spiro atoms. The lowest BCUT2D eigenvalue weighted by Crippen LogP contribution is -2.20. The first-order valence-electron chi connectivity index (χ1n) is 11.0. The number of benzene rings is 2. The van der Waals surface area contributed by atoms with Gasteiger partial charge in [0.2, 0.25) is 0 Å². The van der Waals surface area contributed by atoms with Crippen LogP contribution in [0.1, 0.15) is 34.1 Å². The molecule has 29 heavy (non-hydrogen) atoms. The average molecular weight is 433 g/mol. The van der Waals surface area contributed by atoms with Gasteiger partial charge in [-0.3, -0.25) is 0 Å². The van der Waals surface area contributed by atoms with Gasteiger partial charge in [0, 0.05) is 0 Å². The molecule has 0 saturated carbocycles. The fourth-order valence-corrected chi connectivity index (χ4v) is 7.77. The van der Waals surface area contributed by atoms with Crippen molar-refractivity contribution in [3.05, 3.63) is 36.4 Å². The Labute approximate surface area is 180 Å². The van der Waals surface area contributed by atoms with Gasteiger partial charge in [0.15, 0.2) is 23.0 Å². The molecule has 0 aliphatic carbocycles. The van der Waals surface area contributed by atoms with E-state index in [2.05, 4.69) is 24.3 Å². The van der Waals surface area contributed by atoms with Crippen LogP contribution in [0.25, 0.3) is 0 Å². The lowest BCUT2D eigenvalue weighted by molar-refractivity contribution is 0.289. The molecule has 0 heterocycles. The van der Waals surface area contributed by atoms with Crippen molar-refractivity contribution < 1.29 is 18.9 Å². The first-order chi connectivity index (χ1) is 14.2. The van der Waals surface area contributed by atoms with Crippen molar-refractivity contribution in [2.45, 2.75) is 46.2 Å². The highest BCUT2D eigenvalue weighted by Crippen LogP contribution is 2.26. The predicted octanol–water partition coefficient (Wildman–Crippen LogP) is 2.80. The largest absolute Gasteiger partial charge is 0.490 e. The van der Waals surface area contributed by atoms with Crippen LogP contribution in [0.3, 0.4) is 0 Å². The molecule has 2 aromatic rings. The van der Waals surface area contributed by atoms with Crippen molar-refractivity contribution in [3.63, 3.8) is 0 Å². The van der Waals surface area contributed by atoms with Crippen LogP contribution >= 0.6 is 0 Å². The Morgan fingerprint density at radius 3 is 1.38 bits per heavy atom. The van der Waals surface area contributed by atoms with Crippen LogP contribution in [0, 0.1) is 0 Å². The summed E-state index contributed by atoms with van der Waals surface area (Å²) in [6.07, 6.45) is 1.27. The van der Waals surface area contributed by atoms with Crippen LogP contribution in [0.15, 0.2) is 36.4 Å². The van der Waals surface area contributed by atoms with Gasteiger partial charge in [-0.2, -0.15) is 0 Å². The van der Waals surface area contributed by atoms with E-state index in [0.29, 0.717) is 26.4 Å². The lowest BCUT2D eigenvalue weighted by Gasteiger charge is -2.15.